The number of nitrogens with zero attached hydrogens (tertiary/aromatic N) is 5. The highest BCUT2D eigenvalue weighted by atomic mass is 32.1. The van der Waals surface area contributed by atoms with Gasteiger partial charge in [-0.3, -0.25) is 0 Å². The van der Waals surface area contributed by atoms with Crippen molar-refractivity contribution in [1.82, 2.24) is 9.88 Å². The lowest BCUT2D eigenvalue weighted by Crippen LogP contribution is -2.33. The van der Waals surface area contributed by atoms with Crippen LogP contribution in [-0.2, 0) is 0 Å². The first-order valence-corrected chi connectivity index (χ1v) is 8.27. The van der Waals surface area contributed by atoms with Crippen molar-refractivity contribution in [3.8, 4) is 12.1 Å². The van der Waals surface area contributed by atoms with Gasteiger partial charge in [0.05, 0.1) is 23.8 Å². The average molecular weight is 303 g/mol. The number of hydrogen-bond donors (Lipinski definition) is 0. The van der Waals surface area contributed by atoms with Gasteiger partial charge < -0.3 is 9.80 Å². The summed E-state index contributed by atoms with van der Waals surface area (Å²) in [6.45, 7) is 6.77. The zero-order valence-electron chi connectivity index (χ0n) is 12.5. The first-order valence-electron chi connectivity index (χ1n) is 7.39. The Morgan fingerprint density at radius 3 is 2.86 bits per heavy atom. The second-order valence-corrected chi connectivity index (χ2v) is 6.27. The molecule has 21 heavy (non-hydrogen) atoms. The van der Waals surface area contributed by atoms with Gasteiger partial charge in [0.15, 0.2) is 5.13 Å². The van der Waals surface area contributed by atoms with E-state index >= 15 is 0 Å². The summed E-state index contributed by atoms with van der Waals surface area (Å²) < 4.78 is 0. The molecule has 0 saturated carbocycles. The predicted octanol–water partition coefficient (Wildman–Crippen LogP) is 2.41. The molecule has 2 rings (SSSR count). The molecule has 0 aliphatic carbocycles. The van der Waals surface area contributed by atoms with Crippen molar-refractivity contribution in [2.45, 2.75) is 26.2 Å². The van der Waals surface area contributed by atoms with Crippen molar-refractivity contribution in [2.24, 2.45) is 5.92 Å². The number of aryl methyl sites for hydroxylation is 1. The van der Waals surface area contributed by atoms with Crippen LogP contribution in [0.4, 0.5) is 5.13 Å². The predicted molar refractivity (Wildman–Crippen MR) is 84.1 cm³/mol. The quantitative estimate of drug-likeness (QED) is 0.835. The first kappa shape index (κ1) is 15.8. The summed E-state index contributed by atoms with van der Waals surface area (Å²) in [5.74, 6) is -0.0293. The summed E-state index contributed by atoms with van der Waals surface area (Å²) in [4.78, 5) is 9.25. The van der Waals surface area contributed by atoms with Gasteiger partial charge in [-0.25, -0.2) is 4.98 Å². The normalized spacial score (nSPS) is 17.8. The monoisotopic (exact) mass is 303 g/mol. The molecule has 0 radical (unpaired) electrons. The minimum atomic E-state index is -0.0293. The third kappa shape index (κ3) is 4.70. The molecule has 1 saturated heterocycles. The molecule has 1 atom stereocenters. The van der Waals surface area contributed by atoms with Crippen LogP contribution in [0.25, 0.3) is 0 Å². The Balaban J connectivity index is 1.86. The standard InChI is InChI=1S/C15H21N5S/c1-13-12-21-15(18-13)20-7-3-6-19(8-9-20)11-14(10-17)4-2-5-16/h12,14H,2-4,6-9,11H2,1H3/t14-/m0/s1. The molecule has 1 aliphatic rings. The Bertz CT molecular complexity index is 527. The van der Waals surface area contributed by atoms with Gasteiger partial charge >= 0.3 is 0 Å². The summed E-state index contributed by atoms with van der Waals surface area (Å²) in [6, 6.07) is 4.46. The molecule has 2 heterocycles. The van der Waals surface area contributed by atoms with Crippen LogP contribution in [-0.4, -0.2) is 42.6 Å². The lowest BCUT2D eigenvalue weighted by Gasteiger charge is -2.23. The van der Waals surface area contributed by atoms with Crippen molar-refractivity contribution in [1.29, 1.82) is 10.5 Å². The van der Waals surface area contributed by atoms with Crippen LogP contribution in [0.15, 0.2) is 5.38 Å². The maximum Gasteiger partial charge on any atom is 0.185 e. The first-order chi connectivity index (χ1) is 10.2. The summed E-state index contributed by atoms with van der Waals surface area (Å²) in [5, 5.41) is 21.0. The van der Waals surface area contributed by atoms with Crippen molar-refractivity contribution in [2.75, 3.05) is 37.6 Å². The molecule has 0 unspecified atom stereocenters. The van der Waals surface area contributed by atoms with Gasteiger partial charge in [-0.15, -0.1) is 11.3 Å². The molecule has 0 aromatic carbocycles. The van der Waals surface area contributed by atoms with E-state index in [1.165, 1.54) is 0 Å². The highest BCUT2D eigenvalue weighted by Gasteiger charge is 2.19. The minimum absolute atomic E-state index is 0.0293. The van der Waals surface area contributed by atoms with Gasteiger partial charge in [0, 0.05) is 38.0 Å². The van der Waals surface area contributed by atoms with Crippen LogP contribution in [0.5, 0.6) is 0 Å². The van der Waals surface area contributed by atoms with E-state index in [0.717, 1.165) is 50.0 Å². The molecule has 1 aromatic rings. The van der Waals surface area contributed by atoms with Gasteiger partial charge in [0.1, 0.15) is 0 Å². The average Bonchev–Trinajstić information content (AvgIpc) is 2.79. The number of anilines is 1. The van der Waals surface area contributed by atoms with Crippen molar-refractivity contribution < 1.29 is 0 Å². The van der Waals surface area contributed by atoms with E-state index in [9.17, 15) is 5.26 Å². The molecule has 112 valence electrons. The van der Waals surface area contributed by atoms with Gasteiger partial charge in [-0.2, -0.15) is 10.5 Å². The number of aromatic nitrogens is 1. The third-order valence-corrected chi connectivity index (χ3v) is 4.75. The van der Waals surface area contributed by atoms with E-state index in [0.29, 0.717) is 12.8 Å². The van der Waals surface area contributed by atoms with Crippen molar-refractivity contribution >= 4 is 16.5 Å². The summed E-state index contributed by atoms with van der Waals surface area (Å²) in [6.07, 6.45) is 2.24. The fourth-order valence-corrected chi connectivity index (χ4v) is 3.44. The van der Waals surface area contributed by atoms with Crippen LogP contribution in [0.1, 0.15) is 25.0 Å². The molecule has 0 amide bonds. The molecule has 5 nitrogen and oxygen atoms in total. The van der Waals surface area contributed by atoms with E-state index in [1.54, 1.807) is 11.3 Å². The number of thiazole rings is 1. The van der Waals surface area contributed by atoms with E-state index in [1.807, 2.05) is 6.92 Å². The highest BCUT2D eigenvalue weighted by molar-refractivity contribution is 7.13. The Labute approximate surface area is 130 Å². The topological polar surface area (TPSA) is 67.0 Å². The maximum absolute atomic E-state index is 9.18. The molecule has 0 N–H and O–H groups in total. The van der Waals surface area contributed by atoms with Crippen LogP contribution in [0.2, 0.25) is 0 Å². The van der Waals surface area contributed by atoms with Crippen LogP contribution in [0.3, 0.4) is 0 Å². The van der Waals surface area contributed by atoms with Gasteiger partial charge in [-0.05, 0) is 26.3 Å². The molecular formula is C15H21N5S. The maximum atomic E-state index is 9.18. The fraction of sp³-hybridized carbons (Fsp3) is 0.667. The van der Waals surface area contributed by atoms with Crippen molar-refractivity contribution in [3.05, 3.63) is 11.1 Å². The Kier molecular flexibility index (Phi) is 5.98. The lowest BCUT2D eigenvalue weighted by atomic mass is 10.0. The number of nitriles is 2. The molecule has 1 aliphatic heterocycles. The van der Waals surface area contributed by atoms with Crippen LogP contribution in [0, 0.1) is 35.5 Å². The van der Waals surface area contributed by atoms with Gasteiger partial charge in [0.2, 0.25) is 0 Å². The Morgan fingerprint density at radius 1 is 1.33 bits per heavy atom. The highest BCUT2D eigenvalue weighted by Crippen LogP contribution is 2.21. The molecular weight excluding hydrogens is 282 g/mol. The Morgan fingerprint density at radius 2 is 2.19 bits per heavy atom. The minimum Gasteiger partial charge on any atom is -0.347 e. The molecule has 0 spiro atoms. The fourth-order valence-electron chi connectivity index (χ4n) is 2.58. The van der Waals surface area contributed by atoms with E-state index in [4.69, 9.17) is 5.26 Å². The molecule has 6 heteroatoms. The van der Waals surface area contributed by atoms with E-state index in [-0.39, 0.29) is 5.92 Å². The van der Waals surface area contributed by atoms with Crippen LogP contribution >= 0.6 is 11.3 Å². The van der Waals surface area contributed by atoms with Gasteiger partial charge in [0.25, 0.3) is 0 Å². The Hall–Kier alpha value is -1.63. The summed E-state index contributed by atoms with van der Waals surface area (Å²) in [5.41, 5.74) is 1.08. The van der Waals surface area contributed by atoms with E-state index < -0.39 is 0 Å². The van der Waals surface area contributed by atoms with Gasteiger partial charge in [-0.1, -0.05) is 0 Å². The molecule has 1 fully saturated rings. The summed E-state index contributed by atoms with van der Waals surface area (Å²) >= 11 is 1.70. The second-order valence-electron chi connectivity index (χ2n) is 5.44. The largest absolute Gasteiger partial charge is 0.347 e. The smallest absolute Gasteiger partial charge is 0.185 e. The molecule has 0 bridgehead atoms. The lowest BCUT2D eigenvalue weighted by molar-refractivity contribution is 0.262. The SMILES string of the molecule is Cc1csc(N2CCCN(C[C@H](C#N)CCC#N)CC2)n1. The third-order valence-electron chi connectivity index (χ3n) is 3.73. The summed E-state index contributed by atoms with van der Waals surface area (Å²) in [7, 11) is 0. The van der Waals surface area contributed by atoms with Crippen LogP contribution < -0.4 is 4.90 Å². The zero-order valence-corrected chi connectivity index (χ0v) is 13.3. The second kappa shape index (κ2) is 7.97. The molecule has 1 aromatic heterocycles. The number of hydrogen-bond acceptors (Lipinski definition) is 6. The zero-order chi connectivity index (χ0) is 15.1. The number of rotatable bonds is 5. The van der Waals surface area contributed by atoms with Crippen molar-refractivity contribution in [3.63, 3.8) is 0 Å². The van der Waals surface area contributed by atoms with E-state index in [2.05, 4.69) is 32.3 Å².